The number of phenolic OH excluding ortho intramolecular Hbond substituents is 1. The number of hydrogen-bond donors (Lipinski definition) is 2. The highest BCUT2D eigenvalue weighted by Crippen LogP contribution is 2.61. The van der Waals surface area contributed by atoms with Gasteiger partial charge in [0, 0.05) is 0 Å². The van der Waals surface area contributed by atoms with Gasteiger partial charge in [0.1, 0.15) is 6.61 Å². The number of aromatic hydroxyl groups is 1. The minimum absolute atomic E-state index is 0.0967. The Morgan fingerprint density at radius 1 is 1.07 bits per heavy atom. The van der Waals surface area contributed by atoms with Gasteiger partial charge in [-0.25, -0.2) is 0 Å². The van der Waals surface area contributed by atoms with E-state index in [-0.39, 0.29) is 17.3 Å². The Morgan fingerprint density at radius 2 is 1.89 bits per heavy atom. The lowest BCUT2D eigenvalue weighted by molar-refractivity contribution is -0.0226. The Kier molecular flexibility index (Phi) is 4.39. The van der Waals surface area contributed by atoms with Gasteiger partial charge in [-0.3, -0.25) is 0 Å². The minimum Gasteiger partial charge on any atom is -0.504 e. The SMILES string of the molecule is C[C@]12CC[C@@H]3c4cc(O)c(OCc5ccccc5)cc4CC[C@H]3[C@@H]1CC[C@@H]2O. The molecule has 0 radical (unpaired) electrons. The highest BCUT2D eigenvalue weighted by Gasteiger charge is 2.54. The van der Waals surface area contributed by atoms with E-state index in [0.29, 0.717) is 30.1 Å². The van der Waals surface area contributed by atoms with Crippen LogP contribution in [0.2, 0.25) is 0 Å². The smallest absolute Gasteiger partial charge is 0.161 e. The van der Waals surface area contributed by atoms with Crippen molar-refractivity contribution in [2.75, 3.05) is 0 Å². The summed E-state index contributed by atoms with van der Waals surface area (Å²) in [6.07, 6.45) is 6.40. The van der Waals surface area contributed by atoms with Crippen LogP contribution >= 0.6 is 0 Å². The Bertz CT molecular complexity index is 862. The zero-order valence-corrected chi connectivity index (χ0v) is 16.6. The number of hydrogen-bond acceptors (Lipinski definition) is 3. The van der Waals surface area contributed by atoms with Crippen molar-refractivity contribution in [2.45, 2.75) is 64.1 Å². The van der Waals surface area contributed by atoms with Gasteiger partial charge in [0.25, 0.3) is 0 Å². The molecule has 148 valence electrons. The summed E-state index contributed by atoms with van der Waals surface area (Å²) in [7, 11) is 0. The molecule has 3 aliphatic carbocycles. The van der Waals surface area contributed by atoms with E-state index < -0.39 is 0 Å². The fourth-order valence-electron chi connectivity index (χ4n) is 6.41. The molecule has 2 N–H and O–H groups in total. The monoisotopic (exact) mass is 378 g/mol. The number of aliphatic hydroxyl groups excluding tert-OH is 1. The van der Waals surface area contributed by atoms with E-state index in [0.717, 1.165) is 37.7 Å². The molecular formula is C25H30O3. The van der Waals surface area contributed by atoms with Crippen molar-refractivity contribution in [3.8, 4) is 11.5 Å². The van der Waals surface area contributed by atoms with E-state index in [9.17, 15) is 10.2 Å². The third kappa shape index (κ3) is 2.83. The number of aliphatic hydroxyl groups is 1. The maximum Gasteiger partial charge on any atom is 0.161 e. The van der Waals surface area contributed by atoms with Crippen LogP contribution in [0.1, 0.15) is 61.6 Å². The molecule has 3 aliphatic rings. The molecule has 28 heavy (non-hydrogen) atoms. The summed E-state index contributed by atoms with van der Waals surface area (Å²) >= 11 is 0. The van der Waals surface area contributed by atoms with Crippen LogP contribution in [0.15, 0.2) is 42.5 Å². The Morgan fingerprint density at radius 3 is 2.71 bits per heavy atom. The first-order valence-electron chi connectivity index (χ1n) is 10.8. The normalized spacial score (nSPS) is 33.6. The number of phenols is 1. The molecule has 0 aromatic heterocycles. The summed E-state index contributed by atoms with van der Waals surface area (Å²) < 4.78 is 5.94. The summed E-state index contributed by atoms with van der Waals surface area (Å²) in [6.45, 7) is 2.77. The van der Waals surface area contributed by atoms with Crippen molar-refractivity contribution in [3.05, 3.63) is 59.2 Å². The minimum atomic E-state index is -0.137. The fourth-order valence-corrected chi connectivity index (χ4v) is 6.41. The summed E-state index contributed by atoms with van der Waals surface area (Å²) in [5.74, 6) is 2.62. The van der Waals surface area contributed by atoms with Crippen LogP contribution in [-0.4, -0.2) is 16.3 Å². The standard InChI is InChI=1S/C25H30O3/c1-25-12-11-18-19(21(25)9-10-24(25)27)8-7-17-13-23(22(26)14-20(17)18)28-15-16-5-3-2-4-6-16/h2-6,13-14,18-19,21,24,26-27H,7-12,15H2,1H3/t18-,19+,21-,24-,25-/m0/s1. The van der Waals surface area contributed by atoms with Crippen LogP contribution in [-0.2, 0) is 13.0 Å². The van der Waals surface area contributed by atoms with Gasteiger partial charge in [0.15, 0.2) is 11.5 Å². The quantitative estimate of drug-likeness (QED) is 0.773. The second-order valence-corrected chi connectivity index (χ2v) is 9.35. The molecule has 2 saturated carbocycles. The van der Waals surface area contributed by atoms with E-state index in [1.165, 1.54) is 17.5 Å². The van der Waals surface area contributed by atoms with Crippen molar-refractivity contribution >= 4 is 0 Å². The zero-order valence-electron chi connectivity index (χ0n) is 16.6. The van der Waals surface area contributed by atoms with Crippen LogP contribution < -0.4 is 4.74 Å². The number of ether oxygens (including phenoxy) is 1. The molecule has 0 bridgehead atoms. The van der Waals surface area contributed by atoms with Gasteiger partial charge in [-0.1, -0.05) is 37.3 Å². The summed E-state index contributed by atoms with van der Waals surface area (Å²) in [4.78, 5) is 0. The molecule has 2 aromatic carbocycles. The first kappa shape index (κ1) is 18.1. The van der Waals surface area contributed by atoms with Crippen LogP contribution in [0.25, 0.3) is 0 Å². The van der Waals surface area contributed by atoms with Crippen molar-refractivity contribution in [1.82, 2.24) is 0 Å². The van der Waals surface area contributed by atoms with Gasteiger partial charge in [-0.05, 0) is 90.5 Å². The van der Waals surface area contributed by atoms with Crippen molar-refractivity contribution in [3.63, 3.8) is 0 Å². The molecular weight excluding hydrogens is 348 g/mol. The van der Waals surface area contributed by atoms with Gasteiger partial charge >= 0.3 is 0 Å². The number of rotatable bonds is 3. The number of benzene rings is 2. The predicted molar refractivity (Wildman–Crippen MR) is 110 cm³/mol. The molecule has 3 heteroatoms. The van der Waals surface area contributed by atoms with Crippen LogP contribution in [0.3, 0.4) is 0 Å². The van der Waals surface area contributed by atoms with E-state index in [1.807, 2.05) is 36.4 Å². The molecule has 3 nitrogen and oxygen atoms in total. The highest BCUT2D eigenvalue weighted by atomic mass is 16.5. The molecule has 2 aromatic rings. The molecule has 5 atom stereocenters. The maximum absolute atomic E-state index is 10.6. The summed E-state index contributed by atoms with van der Waals surface area (Å²) in [5, 5.41) is 21.2. The molecule has 0 saturated heterocycles. The number of aryl methyl sites for hydroxylation is 1. The van der Waals surface area contributed by atoms with Crippen molar-refractivity contribution < 1.29 is 14.9 Å². The number of fused-ring (bicyclic) bond motifs is 5. The van der Waals surface area contributed by atoms with Gasteiger partial charge in [0.2, 0.25) is 0 Å². The topological polar surface area (TPSA) is 49.7 Å². The van der Waals surface area contributed by atoms with E-state index in [1.54, 1.807) is 0 Å². The average Bonchev–Trinajstić information content (AvgIpc) is 3.02. The van der Waals surface area contributed by atoms with Crippen LogP contribution in [0, 0.1) is 17.3 Å². The lowest BCUT2D eigenvalue weighted by Gasteiger charge is -2.50. The largest absolute Gasteiger partial charge is 0.504 e. The molecule has 2 fully saturated rings. The highest BCUT2D eigenvalue weighted by molar-refractivity contribution is 5.49. The van der Waals surface area contributed by atoms with Crippen molar-refractivity contribution in [1.29, 1.82) is 0 Å². The Balaban J connectivity index is 1.39. The van der Waals surface area contributed by atoms with Gasteiger partial charge in [-0.2, -0.15) is 0 Å². The molecule has 0 aliphatic heterocycles. The summed E-state index contributed by atoms with van der Waals surface area (Å²) in [6, 6.07) is 14.1. The third-order valence-corrected chi connectivity index (χ3v) is 7.99. The predicted octanol–water partition coefficient (Wildman–Crippen LogP) is 5.19. The van der Waals surface area contributed by atoms with E-state index >= 15 is 0 Å². The molecule has 0 unspecified atom stereocenters. The average molecular weight is 379 g/mol. The lowest BCUT2D eigenvalue weighted by Crippen LogP contribution is -2.43. The zero-order chi connectivity index (χ0) is 19.3. The van der Waals surface area contributed by atoms with E-state index in [2.05, 4.69) is 13.0 Å². The molecule has 0 heterocycles. The first-order valence-corrected chi connectivity index (χ1v) is 10.8. The molecule has 0 amide bonds. The lowest BCUT2D eigenvalue weighted by atomic mass is 9.55. The van der Waals surface area contributed by atoms with Crippen LogP contribution in [0.5, 0.6) is 11.5 Å². The van der Waals surface area contributed by atoms with Gasteiger partial charge < -0.3 is 14.9 Å². The fraction of sp³-hybridized carbons (Fsp3) is 0.520. The second-order valence-electron chi connectivity index (χ2n) is 9.35. The third-order valence-electron chi connectivity index (χ3n) is 7.99. The van der Waals surface area contributed by atoms with Crippen LogP contribution in [0.4, 0.5) is 0 Å². The Labute approximate surface area is 167 Å². The molecule has 5 rings (SSSR count). The molecule has 0 spiro atoms. The van der Waals surface area contributed by atoms with Gasteiger partial charge in [0.05, 0.1) is 6.10 Å². The maximum atomic E-state index is 10.6. The van der Waals surface area contributed by atoms with Crippen molar-refractivity contribution in [2.24, 2.45) is 17.3 Å². The Hall–Kier alpha value is -2.00. The second kappa shape index (κ2) is 6.81. The van der Waals surface area contributed by atoms with E-state index in [4.69, 9.17) is 4.74 Å². The first-order chi connectivity index (χ1) is 13.6. The summed E-state index contributed by atoms with van der Waals surface area (Å²) in [5.41, 5.74) is 3.86. The van der Waals surface area contributed by atoms with Gasteiger partial charge in [-0.15, -0.1) is 0 Å².